The van der Waals surface area contributed by atoms with E-state index >= 15 is 0 Å². The number of aryl methyl sites for hydroxylation is 1. The molecular weight excluding hydrogens is 232 g/mol. The van der Waals surface area contributed by atoms with Crippen LogP contribution in [0.4, 0.5) is 0 Å². The third-order valence-corrected chi connectivity index (χ3v) is 3.51. The largest absolute Gasteiger partial charge is 0.330 e. The summed E-state index contributed by atoms with van der Waals surface area (Å²) in [4.78, 5) is 2.39. The van der Waals surface area contributed by atoms with Crippen LogP contribution in [0.25, 0.3) is 0 Å². The first-order chi connectivity index (χ1) is 8.81. The van der Waals surface area contributed by atoms with Crippen LogP contribution in [0.2, 0.25) is 0 Å². The summed E-state index contributed by atoms with van der Waals surface area (Å²) in [5, 5.41) is 0. The number of benzene rings is 1. The molecule has 0 fully saturated rings. The molecule has 0 heterocycles. The molecule has 0 aromatic heterocycles. The molecule has 0 bridgehead atoms. The Morgan fingerprint density at radius 2 is 1.84 bits per heavy atom. The van der Waals surface area contributed by atoms with E-state index in [-0.39, 0.29) is 0 Å². The molecule has 0 saturated heterocycles. The fourth-order valence-electron chi connectivity index (χ4n) is 2.67. The van der Waals surface area contributed by atoms with E-state index in [1.807, 2.05) is 0 Å². The molecular formula is C17H30N2. The molecule has 19 heavy (non-hydrogen) atoms. The van der Waals surface area contributed by atoms with Crippen LogP contribution in [0.15, 0.2) is 24.3 Å². The Kier molecular flexibility index (Phi) is 6.02. The van der Waals surface area contributed by atoms with Crippen LogP contribution in [0, 0.1) is 18.3 Å². The Bertz CT molecular complexity index is 379. The van der Waals surface area contributed by atoms with Gasteiger partial charge in [0.05, 0.1) is 0 Å². The van der Waals surface area contributed by atoms with Crippen molar-refractivity contribution in [2.24, 2.45) is 17.1 Å². The average molecular weight is 262 g/mol. The molecule has 1 atom stereocenters. The molecule has 0 aliphatic rings. The quantitative estimate of drug-likeness (QED) is 0.851. The van der Waals surface area contributed by atoms with Gasteiger partial charge in [-0.05, 0) is 49.4 Å². The fraction of sp³-hybridized carbons (Fsp3) is 0.647. The molecule has 0 spiro atoms. The maximum Gasteiger partial charge on any atom is 0.0233 e. The molecule has 0 amide bonds. The van der Waals surface area contributed by atoms with E-state index in [0.717, 1.165) is 19.6 Å². The standard InChI is InChI=1S/C17H30N2/c1-14-8-6-7-9-16(14)13-19(5)12-15(11-18)10-17(2,3)4/h6-9,15H,10-13,18H2,1-5H3. The predicted octanol–water partition coefficient (Wildman–Crippen LogP) is 3.44. The van der Waals surface area contributed by atoms with Crippen LogP contribution in [0.5, 0.6) is 0 Å². The van der Waals surface area contributed by atoms with Gasteiger partial charge in [-0.3, -0.25) is 0 Å². The third-order valence-electron chi connectivity index (χ3n) is 3.51. The van der Waals surface area contributed by atoms with Crippen molar-refractivity contribution in [1.82, 2.24) is 4.90 Å². The van der Waals surface area contributed by atoms with Crippen molar-refractivity contribution in [2.45, 2.75) is 40.7 Å². The summed E-state index contributed by atoms with van der Waals surface area (Å²) in [6.45, 7) is 11.9. The van der Waals surface area contributed by atoms with Gasteiger partial charge in [0.25, 0.3) is 0 Å². The van der Waals surface area contributed by atoms with E-state index in [4.69, 9.17) is 5.73 Å². The van der Waals surface area contributed by atoms with Gasteiger partial charge in [-0.25, -0.2) is 0 Å². The van der Waals surface area contributed by atoms with Crippen molar-refractivity contribution in [1.29, 1.82) is 0 Å². The predicted molar refractivity (Wildman–Crippen MR) is 84.1 cm³/mol. The van der Waals surface area contributed by atoms with Crippen LogP contribution in [-0.4, -0.2) is 25.0 Å². The second kappa shape index (κ2) is 7.06. The molecule has 1 rings (SSSR count). The van der Waals surface area contributed by atoms with E-state index in [0.29, 0.717) is 11.3 Å². The summed E-state index contributed by atoms with van der Waals surface area (Å²) in [7, 11) is 2.19. The second-order valence-electron chi connectivity index (χ2n) is 6.99. The summed E-state index contributed by atoms with van der Waals surface area (Å²) in [6, 6.07) is 8.61. The zero-order valence-corrected chi connectivity index (χ0v) is 13.2. The summed E-state index contributed by atoms with van der Waals surface area (Å²) in [6.07, 6.45) is 1.18. The van der Waals surface area contributed by atoms with E-state index in [9.17, 15) is 0 Å². The zero-order chi connectivity index (χ0) is 14.5. The van der Waals surface area contributed by atoms with Crippen LogP contribution >= 0.6 is 0 Å². The molecule has 0 saturated carbocycles. The van der Waals surface area contributed by atoms with E-state index < -0.39 is 0 Å². The molecule has 2 heteroatoms. The molecule has 2 N–H and O–H groups in total. The Balaban J connectivity index is 2.54. The van der Waals surface area contributed by atoms with Crippen molar-refractivity contribution in [3.05, 3.63) is 35.4 Å². The van der Waals surface area contributed by atoms with Gasteiger partial charge in [-0.2, -0.15) is 0 Å². The van der Waals surface area contributed by atoms with E-state index in [1.165, 1.54) is 17.5 Å². The van der Waals surface area contributed by atoms with Crippen molar-refractivity contribution < 1.29 is 0 Å². The normalized spacial score (nSPS) is 13.8. The van der Waals surface area contributed by atoms with Crippen molar-refractivity contribution >= 4 is 0 Å². The maximum absolute atomic E-state index is 5.92. The lowest BCUT2D eigenvalue weighted by Gasteiger charge is -2.29. The molecule has 1 aromatic carbocycles. The minimum absolute atomic E-state index is 0.355. The number of rotatable bonds is 6. The lowest BCUT2D eigenvalue weighted by molar-refractivity contribution is 0.216. The SMILES string of the molecule is Cc1ccccc1CN(C)CC(CN)CC(C)(C)C. The highest BCUT2D eigenvalue weighted by atomic mass is 15.1. The summed E-state index contributed by atoms with van der Waals surface area (Å²) in [5.41, 5.74) is 9.06. The van der Waals surface area contributed by atoms with Gasteiger partial charge >= 0.3 is 0 Å². The molecule has 1 unspecified atom stereocenters. The van der Waals surface area contributed by atoms with Crippen LogP contribution in [-0.2, 0) is 6.54 Å². The average Bonchev–Trinajstić information content (AvgIpc) is 2.29. The Morgan fingerprint density at radius 1 is 1.21 bits per heavy atom. The van der Waals surface area contributed by atoms with Crippen molar-refractivity contribution in [3.63, 3.8) is 0 Å². The van der Waals surface area contributed by atoms with Gasteiger partial charge in [0.2, 0.25) is 0 Å². The summed E-state index contributed by atoms with van der Waals surface area (Å²) < 4.78 is 0. The highest BCUT2D eigenvalue weighted by Gasteiger charge is 2.19. The molecule has 1 aromatic rings. The van der Waals surface area contributed by atoms with Gasteiger partial charge < -0.3 is 10.6 Å². The highest BCUT2D eigenvalue weighted by molar-refractivity contribution is 5.25. The lowest BCUT2D eigenvalue weighted by atomic mass is 9.84. The first-order valence-electron chi connectivity index (χ1n) is 7.25. The Hall–Kier alpha value is -0.860. The smallest absolute Gasteiger partial charge is 0.0233 e. The highest BCUT2D eigenvalue weighted by Crippen LogP contribution is 2.24. The molecule has 0 aliphatic carbocycles. The van der Waals surface area contributed by atoms with Crippen molar-refractivity contribution in [3.8, 4) is 0 Å². The monoisotopic (exact) mass is 262 g/mol. The molecule has 2 nitrogen and oxygen atoms in total. The lowest BCUT2D eigenvalue weighted by Crippen LogP contribution is -2.32. The minimum Gasteiger partial charge on any atom is -0.330 e. The number of hydrogen-bond donors (Lipinski definition) is 1. The minimum atomic E-state index is 0.355. The fourth-order valence-corrected chi connectivity index (χ4v) is 2.67. The summed E-state index contributed by atoms with van der Waals surface area (Å²) >= 11 is 0. The topological polar surface area (TPSA) is 29.3 Å². The molecule has 108 valence electrons. The van der Waals surface area contributed by atoms with Crippen LogP contribution < -0.4 is 5.73 Å². The van der Waals surface area contributed by atoms with E-state index in [1.54, 1.807) is 0 Å². The zero-order valence-electron chi connectivity index (χ0n) is 13.2. The molecule has 0 aliphatic heterocycles. The van der Waals surface area contributed by atoms with Gasteiger partial charge in [0, 0.05) is 13.1 Å². The van der Waals surface area contributed by atoms with Gasteiger partial charge in [0.15, 0.2) is 0 Å². The second-order valence-corrected chi connectivity index (χ2v) is 6.99. The Morgan fingerprint density at radius 3 is 2.37 bits per heavy atom. The van der Waals surface area contributed by atoms with Crippen LogP contribution in [0.1, 0.15) is 38.3 Å². The van der Waals surface area contributed by atoms with Gasteiger partial charge in [0.1, 0.15) is 0 Å². The third kappa shape index (κ3) is 6.22. The first-order valence-corrected chi connectivity index (χ1v) is 7.25. The van der Waals surface area contributed by atoms with Crippen LogP contribution in [0.3, 0.4) is 0 Å². The van der Waals surface area contributed by atoms with Gasteiger partial charge in [-0.1, -0.05) is 45.0 Å². The number of hydrogen-bond acceptors (Lipinski definition) is 2. The number of nitrogens with two attached hydrogens (primary N) is 1. The van der Waals surface area contributed by atoms with Gasteiger partial charge in [-0.15, -0.1) is 0 Å². The maximum atomic E-state index is 5.92. The van der Waals surface area contributed by atoms with E-state index in [2.05, 4.69) is 63.9 Å². The summed E-state index contributed by atoms with van der Waals surface area (Å²) in [5.74, 6) is 0.578. The number of nitrogens with zero attached hydrogens (tertiary/aromatic N) is 1. The molecule has 0 radical (unpaired) electrons. The Labute approximate surface area is 119 Å². The first kappa shape index (κ1) is 16.2. The van der Waals surface area contributed by atoms with Crippen molar-refractivity contribution in [2.75, 3.05) is 20.1 Å².